The topological polar surface area (TPSA) is 115 Å². The molecule has 1 fully saturated rings. The molecule has 0 aliphatic heterocycles. The highest BCUT2D eigenvalue weighted by molar-refractivity contribution is 7.90. The van der Waals surface area contributed by atoms with Crippen LogP contribution in [0.25, 0.3) is 16.7 Å². The summed E-state index contributed by atoms with van der Waals surface area (Å²) in [5.74, 6) is 0.594. The van der Waals surface area contributed by atoms with Crippen LogP contribution in [0.5, 0.6) is 0 Å². The van der Waals surface area contributed by atoms with Crippen LogP contribution in [0.15, 0.2) is 58.6 Å². The monoisotopic (exact) mass is 535 g/mol. The summed E-state index contributed by atoms with van der Waals surface area (Å²) in [6, 6.07) is 13.3. The number of imidazole rings is 1. The molecule has 0 bridgehead atoms. The Kier molecular flexibility index (Phi) is 8.26. The molecular weight excluding hydrogens is 500 g/mol. The van der Waals surface area contributed by atoms with E-state index in [1.54, 1.807) is 29.0 Å². The molecule has 1 saturated carbocycles. The number of aliphatic carboxylic acids is 1. The molecule has 2 aromatic carbocycles. The van der Waals surface area contributed by atoms with Crippen molar-refractivity contribution in [2.24, 2.45) is 10.9 Å². The fourth-order valence-electron chi connectivity index (χ4n) is 5.09. The Balaban J connectivity index is 1.52. The molecule has 0 saturated heterocycles. The minimum absolute atomic E-state index is 0.239. The second-order valence-electron chi connectivity index (χ2n) is 10.3. The van der Waals surface area contributed by atoms with E-state index in [0.29, 0.717) is 28.5 Å². The van der Waals surface area contributed by atoms with E-state index in [1.165, 1.54) is 11.8 Å². The van der Waals surface area contributed by atoms with Gasteiger partial charge in [-0.3, -0.25) is 9.79 Å². The number of fused-ring (bicyclic) bond motifs is 1. The SMILES string of the molecule is C=[N+](C)C(=CN=C(C)c1nc2ccc(S(C)(=O)=O)cc2[nH]1)c1ccc(C2CCCC(CC(=O)O)CC2)cc1. The number of aliphatic imine (C=N–C) groups is 1. The Labute approximate surface area is 223 Å². The molecular formula is C29H35N4O4S+. The van der Waals surface area contributed by atoms with Gasteiger partial charge < -0.3 is 10.1 Å². The fraction of sp³-hybridized carbons (Fsp3) is 0.379. The van der Waals surface area contributed by atoms with Gasteiger partial charge in [-0.2, -0.15) is 0 Å². The zero-order chi connectivity index (χ0) is 27.4. The smallest absolute Gasteiger partial charge is 0.303 e. The van der Waals surface area contributed by atoms with E-state index in [-0.39, 0.29) is 17.2 Å². The van der Waals surface area contributed by atoms with Crippen molar-refractivity contribution in [1.29, 1.82) is 0 Å². The van der Waals surface area contributed by atoms with Crippen LogP contribution >= 0.6 is 0 Å². The van der Waals surface area contributed by atoms with Crippen LogP contribution in [0.4, 0.5) is 0 Å². The third kappa shape index (κ3) is 6.64. The van der Waals surface area contributed by atoms with Crippen LogP contribution in [0.3, 0.4) is 0 Å². The number of carbonyl (C=O) groups is 1. The van der Waals surface area contributed by atoms with Gasteiger partial charge in [-0.15, -0.1) is 0 Å². The van der Waals surface area contributed by atoms with Gasteiger partial charge in [0.25, 0.3) is 0 Å². The lowest BCUT2D eigenvalue weighted by Gasteiger charge is -2.15. The van der Waals surface area contributed by atoms with Crippen molar-refractivity contribution in [2.45, 2.75) is 56.3 Å². The summed E-state index contributed by atoms with van der Waals surface area (Å²) in [7, 11) is -1.44. The first kappa shape index (κ1) is 27.4. The van der Waals surface area contributed by atoms with Crippen molar-refractivity contribution in [2.75, 3.05) is 13.3 Å². The van der Waals surface area contributed by atoms with Gasteiger partial charge in [-0.05, 0) is 80.3 Å². The normalized spacial score (nSPS) is 19.3. The number of H-pyrrole nitrogens is 1. The number of carboxylic acid groups (broad SMARTS) is 1. The maximum atomic E-state index is 11.9. The summed E-state index contributed by atoms with van der Waals surface area (Å²) < 4.78 is 25.5. The lowest BCUT2D eigenvalue weighted by atomic mass is 9.90. The van der Waals surface area contributed by atoms with E-state index in [1.807, 2.05) is 14.0 Å². The van der Waals surface area contributed by atoms with E-state index in [0.717, 1.165) is 43.4 Å². The first-order valence-corrected chi connectivity index (χ1v) is 14.7. The number of carboxylic acids is 1. The summed E-state index contributed by atoms with van der Waals surface area (Å²) in [5, 5.41) is 9.13. The van der Waals surface area contributed by atoms with Gasteiger partial charge in [0, 0.05) is 18.2 Å². The van der Waals surface area contributed by atoms with E-state index >= 15 is 0 Å². The number of hydrogen-bond acceptors (Lipinski definition) is 5. The van der Waals surface area contributed by atoms with Gasteiger partial charge in [-0.1, -0.05) is 18.6 Å². The van der Waals surface area contributed by atoms with Crippen LogP contribution in [0, 0.1) is 5.92 Å². The number of aromatic nitrogens is 2. The number of hydrogen-bond donors (Lipinski definition) is 2. The molecule has 1 aliphatic rings. The van der Waals surface area contributed by atoms with Gasteiger partial charge in [0.15, 0.2) is 15.7 Å². The Hall–Kier alpha value is -3.59. The second kappa shape index (κ2) is 11.4. The van der Waals surface area contributed by atoms with Crippen LogP contribution < -0.4 is 0 Å². The molecule has 200 valence electrons. The molecule has 0 amide bonds. The predicted octanol–water partition coefficient (Wildman–Crippen LogP) is 5.26. The molecule has 9 heteroatoms. The Morgan fingerprint density at radius 3 is 2.58 bits per heavy atom. The van der Waals surface area contributed by atoms with Crippen molar-refractivity contribution < 1.29 is 22.9 Å². The third-order valence-electron chi connectivity index (χ3n) is 7.25. The average Bonchev–Trinajstić information content (AvgIpc) is 3.16. The standard InChI is InChI=1S/C29H34N4O4S/c1-19(29-31-25-15-14-24(38(4,36)37)17-26(25)32-29)30-18-27(33(2)3)23-12-10-22(11-13-23)21-7-5-6-20(8-9-21)16-28(34)35/h10-15,17-18,20-21H,2,5-9,16H2,1,3-4H3,(H-,30,31,32,34,35)/p+1. The fourth-order valence-corrected chi connectivity index (χ4v) is 5.74. The van der Waals surface area contributed by atoms with E-state index in [4.69, 9.17) is 5.11 Å². The highest BCUT2D eigenvalue weighted by atomic mass is 32.2. The summed E-state index contributed by atoms with van der Waals surface area (Å²) >= 11 is 0. The lowest BCUT2D eigenvalue weighted by molar-refractivity contribution is -0.385. The third-order valence-corrected chi connectivity index (χ3v) is 8.36. The molecule has 3 aromatic rings. The van der Waals surface area contributed by atoms with Gasteiger partial charge in [0.2, 0.25) is 5.70 Å². The number of sulfone groups is 1. The van der Waals surface area contributed by atoms with Crippen molar-refractivity contribution in [3.05, 3.63) is 65.6 Å². The molecule has 0 radical (unpaired) electrons. The van der Waals surface area contributed by atoms with Gasteiger partial charge in [0.1, 0.15) is 13.8 Å². The molecule has 2 N–H and O–H groups in total. The minimum atomic E-state index is -3.31. The maximum Gasteiger partial charge on any atom is 0.303 e. The first-order valence-electron chi connectivity index (χ1n) is 12.8. The van der Waals surface area contributed by atoms with Crippen LogP contribution in [0.1, 0.15) is 68.3 Å². The summed E-state index contributed by atoms with van der Waals surface area (Å²) in [6.45, 7) is 5.90. The summed E-state index contributed by atoms with van der Waals surface area (Å²) in [4.78, 5) is 23.7. The zero-order valence-electron chi connectivity index (χ0n) is 22.1. The van der Waals surface area contributed by atoms with Gasteiger partial charge in [0.05, 0.1) is 27.8 Å². The number of rotatable bonds is 8. The van der Waals surface area contributed by atoms with E-state index in [9.17, 15) is 13.2 Å². The number of nitrogens with one attached hydrogen (secondary N) is 1. The minimum Gasteiger partial charge on any atom is -0.481 e. The van der Waals surface area contributed by atoms with Crippen molar-refractivity contribution in [3.63, 3.8) is 0 Å². The molecule has 4 rings (SSSR count). The molecule has 0 spiro atoms. The van der Waals surface area contributed by atoms with Gasteiger partial charge in [-0.25, -0.2) is 18.0 Å². The Bertz CT molecular complexity index is 1520. The Morgan fingerprint density at radius 1 is 1.18 bits per heavy atom. The lowest BCUT2D eigenvalue weighted by Crippen LogP contribution is -2.07. The van der Waals surface area contributed by atoms with E-state index < -0.39 is 15.8 Å². The summed E-state index contributed by atoms with van der Waals surface area (Å²) in [6.07, 6.45) is 8.31. The highest BCUT2D eigenvalue weighted by Gasteiger charge is 2.22. The molecule has 2 atom stereocenters. The predicted molar refractivity (Wildman–Crippen MR) is 151 cm³/mol. The average molecular weight is 536 g/mol. The molecule has 1 aromatic heterocycles. The highest BCUT2D eigenvalue weighted by Crippen LogP contribution is 2.35. The maximum absolute atomic E-state index is 11.9. The van der Waals surface area contributed by atoms with E-state index in [2.05, 4.69) is 45.9 Å². The number of aromatic amines is 1. The van der Waals surface area contributed by atoms with Crippen LogP contribution in [-0.2, 0) is 14.6 Å². The first-order chi connectivity index (χ1) is 18.0. The molecule has 1 aliphatic carbocycles. The zero-order valence-corrected chi connectivity index (χ0v) is 23.0. The van der Waals surface area contributed by atoms with Crippen molar-refractivity contribution in [1.82, 2.24) is 9.97 Å². The molecule has 2 unspecified atom stereocenters. The Morgan fingerprint density at radius 2 is 1.92 bits per heavy atom. The van der Waals surface area contributed by atoms with Crippen LogP contribution in [0.2, 0.25) is 0 Å². The molecule has 1 heterocycles. The van der Waals surface area contributed by atoms with Crippen molar-refractivity contribution >= 4 is 45.0 Å². The van der Waals surface area contributed by atoms with Gasteiger partial charge >= 0.3 is 5.97 Å². The quantitative estimate of drug-likeness (QED) is 0.232. The van der Waals surface area contributed by atoms with Crippen molar-refractivity contribution in [3.8, 4) is 0 Å². The summed E-state index contributed by atoms with van der Waals surface area (Å²) in [5.41, 5.74) is 5.08. The molecule has 8 nitrogen and oxygen atoms in total. The second-order valence-corrected chi connectivity index (χ2v) is 12.3. The number of nitrogens with zero attached hydrogens (tertiary/aromatic N) is 3. The van der Waals surface area contributed by atoms with Crippen LogP contribution in [-0.4, -0.2) is 59.8 Å². The number of benzene rings is 2. The largest absolute Gasteiger partial charge is 0.481 e. The molecule has 38 heavy (non-hydrogen) atoms.